The van der Waals surface area contributed by atoms with Crippen LogP contribution in [0.15, 0.2) is 41.1 Å². The number of aromatic nitrogens is 1. The van der Waals surface area contributed by atoms with E-state index < -0.39 is 0 Å². The summed E-state index contributed by atoms with van der Waals surface area (Å²) in [5, 5.41) is 3.35. The van der Waals surface area contributed by atoms with E-state index in [0.717, 1.165) is 0 Å². The van der Waals surface area contributed by atoms with Crippen molar-refractivity contribution in [2.75, 3.05) is 7.11 Å². The molecule has 0 aliphatic rings. The number of allylic oxidation sites excluding steroid dienone is 1. The zero-order valence-corrected chi connectivity index (χ0v) is 6.30. The fourth-order valence-electron chi connectivity index (χ4n) is 0.280. The molecule has 0 N–H and O–H groups in total. The molecule has 0 atom stereocenters. The molecule has 0 bridgehead atoms. The number of hydrogen-bond acceptors (Lipinski definition) is 4. The number of oxazole rings is 1. The highest BCUT2D eigenvalue weighted by Crippen LogP contribution is 1.72. The molecular weight excluding hydrogens is 144 g/mol. The van der Waals surface area contributed by atoms with Crippen molar-refractivity contribution in [1.82, 2.24) is 4.98 Å². The van der Waals surface area contributed by atoms with Crippen molar-refractivity contribution in [1.29, 1.82) is 0 Å². The van der Waals surface area contributed by atoms with E-state index >= 15 is 0 Å². The minimum Gasteiger partial charge on any atom is -0.452 e. The summed E-state index contributed by atoms with van der Waals surface area (Å²) in [5.41, 5.74) is 0. The molecular formula is C7H10N2O2. The molecule has 0 aliphatic carbocycles. The van der Waals surface area contributed by atoms with Crippen LogP contribution in [0.3, 0.4) is 0 Å². The molecule has 60 valence electrons. The SMILES string of the molecule is C=C/C=N\OC.c1cocn1. The molecule has 11 heavy (non-hydrogen) atoms. The fourth-order valence-corrected chi connectivity index (χ4v) is 0.280. The lowest BCUT2D eigenvalue weighted by Gasteiger charge is -1.76. The Morgan fingerprint density at radius 3 is 2.73 bits per heavy atom. The third-order valence-corrected chi connectivity index (χ3v) is 0.619. The molecule has 4 nitrogen and oxygen atoms in total. The van der Waals surface area contributed by atoms with Crippen LogP contribution in [0.1, 0.15) is 0 Å². The van der Waals surface area contributed by atoms with Crippen molar-refractivity contribution < 1.29 is 9.25 Å². The Bertz CT molecular complexity index is 165. The monoisotopic (exact) mass is 154 g/mol. The molecule has 1 aromatic heterocycles. The summed E-state index contributed by atoms with van der Waals surface area (Å²) < 4.78 is 4.47. The van der Waals surface area contributed by atoms with Gasteiger partial charge in [0, 0.05) is 0 Å². The van der Waals surface area contributed by atoms with E-state index in [-0.39, 0.29) is 0 Å². The van der Waals surface area contributed by atoms with Crippen LogP contribution in [-0.4, -0.2) is 18.3 Å². The summed E-state index contributed by atoms with van der Waals surface area (Å²) in [6.45, 7) is 3.37. The van der Waals surface area contributed by atoms with Crippen LogP contribution in [0, 0.1) is 0 Å². The summed E-state index contributed by atoms with van der Waals surface area (Å²) in [4.78, 5) is 7.84. The summed E-state index contributed by atoms with van der Waals surface area (Å²) in [6, 6.07) is 0. The Balaban J connectivity index is 0.000000183. The van der Waals surface area contributed by atoms with Gasteiger partial charge in [-0.15, -0.1) is 0 Å². The molecule has 0 aromatic carbocycles. The zero-order chi connectivity index (χ0) is 8.36. The first kappa shape index (κ1) is 9.42. The Hall–Kier alpha value is -1.58. The van der Waals surface area contributed by atoms with Crippen molar-refractivity contribution in [3.63, 3.8) is 0 Å². The van der Waals surface area contributed by atoms with E-state index in [4.69, 9.17) is 0 Å². The van der Waals surface area contributed by atoms with Gasteiger partial charge in [-0.05, 0) is 6.08 Å². The van der Waals surface area contributed by atoms with E-state index in [0.29, 0.717) is 0 Å². The highest BCUT2D eigenvalue weighted by molar-refractivity contribution is 5.69. The van der Waals surface area contributed by atoms with Gasteiger partial charge in [0.15, 0.2) is 6.39 Å². The quantitative estimate of drug-likeness (QED) is 0.478. The molecule has 1 heterocycles. The van der Waals surface area contributed by atoms with E-state index in [2.05, 4.69) is 26.0 Å². The molecule has 1 rings (SSSR count). The van der Waals surface area contributed by atoms with Gasteiger partial charge in [-0.3, -0.25) is 0 Å². The van der Waals surface area contributed by atoms with Crippen LogP contribution >= 0.6 is 0 Å². The van der Waals surface area contributed by atoms with E-state index in [1.807, 2.05) is 0 Å². The van der Waals surface area contributed by atoms with E-state index in [1.54, 1.807) is 12.3 Å². The largest absolute Gasteiger partial charge is 0.452 e. The number of hydrogen-bond donors (Lipinski definition) is 0. The Labute approximate surface area is 65.2 Å². The van der Waals surface area contributed by atoms with Crippen LogP contribution in [0.5, 0.6) is 0 Å². The minimum absolute atomic E-state index is 1.38. The highest BCUT2D eigenvalue weighted by atomic mass is 16.6. The molecule has 0 saturated carbocycles. The van der Waals surface area contributed by atoms with Crippen molar-refractivity contribution in [3.05, 3.63) is 31.5 Å². The molecule has 0 fully saturated rings. The van der Waals surface area contributed by atoms with Gasteiger partial charge in [0.1, 0.15) is 13.4 Å². The first-order valence-electron chi connectivity index (χ1n) is 2.91. The third kappa shape index (κ3) is 8.42. The smallest absolute Gasteiger partial charge is 0.180 e. The van der Waals surface area contributed by atoms with Crippen LogP contribution in [0.25, 0.3) is 0 Å². The third-order valence-electron chi connectivity index (χ3n) is 0.619. The van der Waals surface area contributed by atoms with E-state index in [1.165, 1.54) is 26.0 Å². The summed E-state index contributed by atoms with van der Waals surface area (Å²) in [6.07, 6.45) is 7.49. The van der Waals surface area contributed by atoms with Gasteiger partial charge in [-0.2, -0.15) is 0 Å². The van der Waals surface area contributed by atoms with Crippen LogP contribution < -0.4 is 0 Å². The average Bonchev–Trinajstić information content (AvgIpc) is 2.57. The lowest BCUT2D eigenvalue weighted by Crippen LogP contribution is -1.65. The maximum atomic E-state index is 4.47. The summed E-state index contributed by atoms with van der Waals surface area (Å²) in [5.74, 6) is 0. The first-order valence-corrected chi connectivity index (χ1v) is 2.91. The molecule has 1 aromatic rings. The fraction of sp³-hybridized carbons (Fsp3) is 0.143. The molecule has 0 amide bonds. The topological polar surface area (TPSA) is 47.6 Å². The second-order valence-electron chi connectivity index (χ2n) is 1.35. The minimum atomic E-state index is 1.38. The highest BCUT2D eigenvalue weighted by Gasteiger charge is 1.59. The van der Waals surface area contributed by atoms with Crippen LogP contribution in [0.4, 0.5) is 0 Å². The van der Waals surface area contributed by atoms with Crippen molar-refractivity contribution >= 4 is 6.21 Å². The number of oxime groups is 1. The Morgan fingerprint density at radius 2 is 2.55 bits per heavy atom. The maximum Gasteiger partial charge on any atom is 0.180 e. The van der Waals surface area contributed by atoms with Gasteiger partial charge < -0.3 is 9.25 Å². The van der Waals surface area contributed by atoms with Gasteiger partial charge in [-0.1, -0.05) is 11.7 Å². The van der Waals surface area contributed by atoms with E-state index in [9.17, 15) is 0 Å². The number of rotatable bonds is 2. The van der Waals surface area contributed by atoms with Gasteiger partial charge in [0.05, 0.1) is 12.4 Å². The zero-order valence-electron chi connectivity index (χ0n) is 6.30. The lowest BCUT2D eigenvalue weighted by atomic mass is 10.7. The Kier molecular flexibility index (Phi) is 7.21. The molecule has 4 heteroatoms. The van der Waals surface area contributed by atoms with Crippen LogP contribution in [0.2, 0.25) is 0 Å². The van der Waals surface area contributed by atoms with Crippen molar-refractivity contribution in [2.24, 2.45) is 5.16 Å². The molecule has 0 spiro atoms. The van der Waals surface area contributed by atoms with Gasteiger partial charge in [0.2, 0.25) is 0 Å². The second-order valence-corrected chi connectivity index (χ2v) is 1.35. The van der Waals surface area contributed by atoms with Crippen molar-refractivity contribution in [3.8, 4) is 0 Å². The normalized spacial score (nSPS) is 8.45. The maximum absolute atomic E-state index is 4.47. The lowest BCUT2D eigenvalue weighted by molar-refractivity contribution is 0.215. The number of nitrogens with zero attached hydrogens (tertiary/aromatic N) is 2. The molecule has 0 radical (unpaired) electrons. The Morgan fingerprint density at radius 1 is 1.73 bits per heavy atom. The predicted octanol–water partition coefficient (Wildman–Crippen LogP) is 1.48. The summed E-state index contributed by atoms with van der Waals surface area (Å²) >= 11 is 0. The second kappa shape index (κ2) is 8.42. The van der Waals surface area contributed by atoms with Gasteiger partial charge >= 0.3 is 0 Å². The summed E-state index contributed by atoms with van der Waals surface area (Å²) in [7, 11) is 1.49. The van der Waals surface area contributed by atoms with Gasteiger partial charge in [-0.25, -0.2) is 4.98 Å². The molecule has 0 unspecified atom stereocenters. The predicted molar refractivity (Wildman–Crippen MR) is 42.2 cm³/mol. The molecule has 0 saturated heterocycles. The average molecular weight is 154 g/mol. The van der Waals surface area contributed by atoms with Crippen LogP contribution in [-0.2, 0) is 4.84 Å². The standard InChI is InChI=1S/C4H7NO.C3H3NO/c1-3-4-5-6-2;1-2-5-3-4-1/h3-4H,1H2,2H3;1-3H/b5-4-;. The first-order chi connectivity index (χ1) is 5.41. The van der Waals surface area contributed by atoms with Gasteiger partial charge in [0.25, 0.3) is 0 Å². The van der Waals surface area contributed by atoms with Crippen molar-refractivity contribution in [2.45, 2.75) is 0 Å². The molecule has 0 aliphatic heterocycles.